The fourth-order valence-electron chi connectivity index (χ4n) is 8.92. The quantitative estimate of drug-likeness (QED) is 0.0404. The number of carboxylic acids is 1. The van der Waals surface area contributed by atoms with Crippen LogP contribution < -0.4 is 20.9 Å². The van der Waals surface area contributed by atoms with Gasteiger partial charge in [-0.3, -0.25) is 14.5 Å². The molecule has 67 heavy (non-hydrogen) atoms. The van der Waals surface area contributed by atoms with Crippen molar-refractivity contribution in [1.82, 2.24) is 20.5 Å². The second-order valence-corrected chi connectivity index (χ2v) is 17.3. The van der Waals surface area contributed by atoms with Crippen molar-refractivity contribution in [3.63, 3.8) is 0 Å². The number of benzene rings is 6. The number of carbonyl (C=O) groups is 2. The molecular weight excluding hydrogens is 845 g/mol. The molecule has 7 aromatic rings. The fraction of sp³-hybridized carbons (Fsp3) is 0.255. The minimum Gasteiger partial charge on any atom is -0.506 e. The summed E-state index contributed by atoms with van der Waals surface area (Å²) < 4.78 is 6.12. The molecule has 0 spiro atoms. The van der Waals surface area contributed by atoms with Crippen molar-refractivity contribution in [1.29, 1.82) is 0 Å². The first-order valence-corrected chi connectivity index (χ1v) is 22.8. The number of nitrogens with one attached hydrogen (secondary N) is 3. The lowest BCUT2D eigenvalue weighted by Gasteiger charge is -2.33. The van der Waals surface area contributed by atoms with E-state index in [-0.39, 0.29) is 35.9 Å². The van der Waals surface area contributed by atoms with Gasteiger partial charge in [-0.25, -0.2) is 4.79 Å². The maximum Gasteiger partial charge on any atom is 0.345 e. The van der Waals surface area contributed by atoms with E-state index in [1.807, 2.05) is 54.6 Å². The van der Waals surface area contributed by atoms with E-state index in [1.54, 1.807) is 60.7 Å². The van der Waals surface area contributed by atoms with Gasteiger partial charge in [0.1, 0.15) is 18.1 Å². The first-order valence-electron chi connectivity index (χ1n) is 22.8. The molecule has 344 valence electrons. The minimum absolute atomic E-state index is 0.0577. The number of piperidine rings is 1. The van der Waals surface area contributed by atoms with Crippen LogP contribution in [0, 0.1) is 5.92 Å². The lowest BCUT2D eigenvalue weighted by atomic mass is 9.80. The number of aliphatic hydroxyl groups excluding tert-OH is 1. The molecule has 1 aliphatic heterocycles. The Morgan fingerprint density at radius 1 is 0.791 bits per heavy atom. The molecule has 12 nitrogen and oxygen atoms in total. The van der Waals surface area contributed by atoms with Gasteiger partial charge >= 0.3 is 5.97 Å². The van der Waals surface area contributed by atoms with Gasteiger partial charge in [0.25, 0.3) is 5.91 Å². The number of amides is 1. The van der Waals surface area contributed by atoms with Crippen LogP contribution in [0.3, 0.4) is 0 Å². The van der Waals surface area contributed by atoms with Gasteiger partial charge in [-0.05, 0) is 121 Å². The Hall–Kier alpha value is -7.09. The first kappa shape index (κ1) is 46.4. The second kappa shape index (κ2) is 21.5. The lowest BCUT2D eigenvalue weighted by Crippen LogP contribution is -2.38. The van der Waals surface area contributed by atoms with Gasteiger partial charge in [0.05, 0.1) is 11.6 Å². The maximum absolute atomic E-state index is 13.0. The predicted octanol–water partition coefficient (Wildman–Crippen LogP) is 7.38. The number of phenols is 1. The van der Waals surface area contributed by atoms with Gasteiger partial charge in [-0.15, -0.1) is 0 Å². The highest BCUT2D eigenvalue weighted by molar-refractivity contribution is 5.94. The Bertz CT molecular complexity index is 2840. The van der Waals surface area contributed by atoms with E-state index in [1.165, 1.54) is 17.7 Å². The number of likely N-dealkylation sites (tertiary alicyclic amines) is 1. The van der Waals surface area contributed by atoms with Crippen molar-refractivity contribution in [3.8, 4) is 11.5 Å². The van der Waals surface area contributed by atoms with Crippen molar-refractivity contribution in [2.45, 2.75) is 57.1 Å². The van der Waals surface area contributed by atoms with Gasteiger partial charge in [0, 0.05) is 47.8 Å². The summed E-state index contributed by atoms with van der Waals surface area (Å²) in [5.41, 5.74) is 4.32. The number of carbonyl (C=O) groups excluding carboxylic acids is 1. The summed E-state index contributed by atoms with van der Waals surface area (Å²) in [4.78, 5) is 42.8. The van der Waals surface area contributed by atoms with E-state index in [0.29, 0.717) is 65.2 Å². The molecule has 1 aromatic heterocycles. The highest BCUT2D eigenvalue weighted by atomic mass is 16.5. The number of fused-ring (bicyclic) bond motifs is 1. The van der Waals surface area contributed by atoms with Crippen molar-refractivity contribution < 1.29 is 34.8 Å². The number of aliphatic carboxylic acids is 1. The zero-order chi connectivity index (χ0) is 46.8. The van der Waals surface area contributed by atoms with Crippen molar-refractivity contribution in [2.75, 3.05) is 26.2 Å². The number of hydrogen-bond donors (Lipinski definition) is 7. The molecule has 8 rings (SSSR count). The van der Waals surface area contributed by atoms with E-state index in [4.69, 9.17) is 4.74 Å². The van der Waals surface area contributed by atoms with Crippen LogP contribution in [0.5, 0.6) is 11.5 Å². The molecular formula is C55H56N4O8. The molecule has 2 heterocycles. The van der Waals surface area contributed by atoms with Crippen molar-refractivity contribution in [2.24, 2.45) is 5.92 Å². The van der Waals surface area contributed by atoms with Crippen LogP contribution in [0.25, 0.3) is 10.9 Å². The number of ether oxygens (including phenoxy) is 1. The number of rotatable bonds is 19. The molecule has 12 heteroatoms. The van der Waals surface area contributed by atoms with E-state index in [9.17, 15) is 34.8 Å². The molecule has 0 unspecified atom stereocenters. The number of H-pyrrole nitrogens is 1. The van der Waals surface area contributed by atoms with E-state index in [2.05, 4.69) is 44.8 Å². The zero-order valence-electron chi connectivity index (χ0n) is 37.2. The summed E-state index contributed by atoms with van der Waals surface area (Å²) in [6.07, 6.45) is 2.49. The summed E-state index contributed by atoms with van der Waals surface area (Å²) in [5.74, 6) is -0.812. The monoisotopic (exact) mass is 900 g/mol. The number of aromatic amines is 1. The number of aliphatic hydroxyl groups is 2. The Kier molecular flexibility index (Phi) is 14.9. The highest BCUT2D eigenvalue weighted by Gasteiger charge is 2.42. The van der Waals surface area contributed by atoms with Gasteiger partial charge in [0.2, 0.25) is 11.2 Å². The van der Waals surface area contributed by atoms with E-state index in [0.717, 1.165) is 54.7 Å². The summed E-state index contributed by atoms with van der Waals surface area (Å²) in [6.45, 7) is 4.24. The van der Waals surface area contributed by atoms with E-state index < -0.39 is 17.7 Å². The van der Waals surface area contributed by atoms with Crippen molar-refractivity contribution in [3.05, 3.63) is 212 Å². The molecule has 0 bridgehead atoms. The number of aromatic nitrogens is 1. The van der Waals surface area contributed by atoms with Gasteiger partial charge < -0.3 is 40.8 Å². The molecule has 2 atom stereocenters. The summed E-state index contributed by atoms with van der Waals surface area (Å²) in [5, 5.41) is 50.4. The molecule has 0 aliphatic carbocycles. The standard InChI is InChI=1S/C55H56N4O8/c60-49-23-21-46(47-22-24-51(62)58-52(47)49)50(61)34-56-28-25-37-17-19-42(20-18-37)53(63)57-33-39-13-15-41(16-14-39)36-67-45-11-6-10-44(32-45)55(66,54(64)65)48-12-5-4-9-43(48)31-38-26-29-59(30-27-38)35-40-7-2-1-3-8-40/h1-24,32,38,50,56,60-61,66H,25-31,33-36H2,(H,57,63)(H,58,62)(H,64,65)/t50-,55-/m0/s1. The number of hydrogen-bond acceptors (Lipinski definition) is 9. The fourth-order valence-corrected chi connectivity index (χ4v) is 8.92. The average Bonchev–Trinajstić information content (AvgIpc) is 3.35. The van der Waals surface area contributed by atoms with E-state index >= 15 is 0 Å². The predicted molar refractivity (Wildman–Crippen MR) is 258 cm³/mol. The molecule has 0 radical (unpaired) electrons. The normalized spacial score (nSPS) is 14.6. The topological polar surface area (TPSA) is 184 Å². The summed E-state index contributed by atoms with van der Waals surface area (Å²) in [7, 11) is 0. The van der Waals surface area contributed by atoms with Crippen LogP contribution in [-0.4, -0.2) is 68.4 Å². The minimum atomic E-state index is -2.28. The third-order valence-corrected chi connectivity index (χ3v) is 12.7. The van der Waals surface area contributed by atoms with Gasteiger partial charge in [-0.1, -0.05) is 109 Å². The van der Waals surface area contributed by atoms with Crippen LogP contribution in [-0.2, 0) is 42.9 Å². The smallest absolute Gasteiger partial charge is 0.345 e. The number of carboxylic acid groups (broad SMARTS) is 1. The molecule has 1 fully saturated rings. The third-order valence-electron chi connectivity index (χ3n) is 12.7. The number of nitrogens with zero attached hydrogens (tertiary/aromatic N) is 1. The molecule has 1 amide bonds. The second-order valence-electron chi connectivity index (χ2n) is 17.3. The molecule has 7 N–H and O–H groups in total. The van der Waals surface area contributed by atoms with Gasteiger partial charge in [-0.2, -0.15) is 0 Å². The first-order chi connectivity index (χ1) is 32.5. The average molecular weight is 901 g/mol. The Labute approximate surface area is 389 Å². The molecule has 6 aromatic carbocycles. The number of pyridine rings is 1. The lowest BCUT2D eigenvalue weighted by molar-refractivity contribution is -0.155. The van der Waals surface area contributed by atoms with Crippen LogP contribution in [0.15, 0.2) is 156 Å². The molecule has 0 saturated carbocycles. The Morgan fingerprint density at radius 3 is 2.27 bits per heavy atom. The van der Waals surface area contributed by atoms with Crippen LogP contribution in [0.4, 0.5) is 0 Å². The SMILES string of the molecule is O=C(NCc1ccc(COc2cccc([C@@](O)(C(=O)O)c3ccccc3CC3CCN(Cc4ccccc4)CC3)c2)cc1)c1ccc(CCNC[C@H](O)c2ccc(O)c3[nH]c(=O)ccc23)cc1. The van der Waals surface area contributed by atoms with Crippen molar-refractivity contribution >= 4 is 22.8 Å². The van der Waals surface area contributed by atoms with Crippen LogP contribution in [0.2, 0.25) is 0 Å². The largest absolute Gasteiger partial charge is 0.506 e. The Morgan fingerprint density at radius 2 is 1.51 bits per heavy atom. The van der Waals surface area contributed by atoms with Gasteiger partial charge in [0.15, 0.2) is 0 Å². The highest BCUT2D eigenvalue weighted by Crippen LogP contribution is 2.36. The zero-order valence-corrected chi connectivity index (χ0v) is 37.2. The molecule has 1 aliphatic rings. The number of aromatic hydroxyl groups is 1. The number of phenolic OH excluding ortho intramolecular Hbond substituents is 1. The maximum atomic E-state index is 13.0. The summed E-state index contributed by atoms with van der Waals surface area (Å²) >= 11 is 0. The van der Waals surface area contributed by atoms with Crippen LogP contribution in [0.1, 0.15) is 73.8 Å². The molecule has 1 saturated heterocycles. The Balaban J connectivity index is 0.795. The van der Waals surface area contributed by atoms with Crippen LogP contribution >= 0.6 is 0 Å². The summed E-state index contributed by atoms with van der Waals surface area (Å²) in [6, 6.07) is 45.5. The third kappa shape index (κ3) is 11.5.